The van der Waals surface area contributed by atoms with Crippen LogP contribution in [0, 0.1) is 0 Å². The Kier molecular flexibility index (Phi) is 7.38. The highest BCUT2D eigenvalue weighted by Crippen LogP contribution is 2.28. The molecule has 0 bridgehead atoms. The summed E-state index contributed by atoms with van der Waals surface area (Å²) >= 11 is 5.75. The van der Waals surface area contributed by atoms with E-state index in [2.05, 4.69) is 20.1 Å². The van der Waals surface area contributed by atoms with Gasteiger partial charge in [0.15, 0.2) is 0 Å². The van der Waals surface area contributed by atoms with E-state index in [1.54, 1.807) is 6.92 Å². The van der Waals surface area contributed by atoms with Gasteiger partial charge in [-0.2, -0.15) is 8.78 Å². The first-order chi connectivity index (χ1) is 10.4. The number of halogens is 3. The van der Waals surface area contributed by atoms with E-state index in [0.29, 0.717) is 5.69 Å². The summed E-state index contributed by atoms with van der Waals surface area (Å²) in [5.74, 6) is -0.561. The first-order valence-electron chi connectivity index (χ1n) is 6.37. The van der Waals surface area contributed by atoms with Crippen molar-refractivity contribution < 1.29 is 27.8 Å². The van der Waals surface area contributed by atoms with Crippen LogP contribution >= 0.6 is 11.6 Å². The Bertz CT molecular complexity index is 529. The fourth-order valence-electron chi connectivity index (χ4n) is 1.45. The van der Waals surface area contributed by atoms with E-state index < -0.39 is 12.7 Å². The summed E-state index contributed by atoms with van der Waals surface area (Å²) in [6.07, 6.45) is -0.585. The normalized spacial score (nSPS) is 10.2. The highest BCUT2D eigenvalue weighted by Gasteiger charge is 2.10. The summed E-state index contributed by atoms with van der Waals surface area (Å²) in [5.41, 5.74) is 0.327. The van der Waals surface area contributed by atoms with Crippen molar-refractivity contribution in [3.05, 3.63) is 23.2 Å². The molecule has 1 aromatic carbocycles. The molecule has 0 saturated heterocycles. The number of carbonyl (C=O) groups is 2. The number of ether oxygens (including phenoxy) is 2. The molecule has 22 heavy (non-hydrogen) atoms. The summed E-state index contributed by atoms with van der Waals surface area (Å²) in [5, 5.41) is 4.85. The highest BCUT2D eigenvalue weighted by molar-refractivity contribution is 6.32. The molecule has 0 atom stereocenters. The second-order valence-electron chi connectivity index (χ2n) is 3.97. The van der Waals surface area contributed by atoms with Crippen LogP contribution in [0.1, 0.15) is 13.3 Å². The van der Waals surface area contributed by atoms with Gasteiger partial charge in [-0.3, -0.25) is 4.79 Å². The van der Waals surface area contributed by atoms with Gasteiger partial charge in [0, 0.05) is 18.7 Å². The zero-order valence-electron chi connectivity index (χ0n) is 11.7. The van der Waals surface area contributed by atoms with Gasteiger partial charge in [-0.15, -0.1) is 0 Å². The van der Waals surface area contributed by atoms with Crippen molar-refractivity contribution in [2.75, 3.05) is 18.5 Å². The minimum Gasteiger partial charge on any atom is -0.450 e. The minimum absolute atomic E-state index is 0.0196. The van der Waals surface area contributed by atoms with Crippen LogP contribution in [0.4, 0.5) is 19.3 Å². The molecule has 2 amide bonds. The fourth-order valence-corrected chi connectivity index (χ4v) is 1.68. The summed E-state index contributed by atoms with van der Waals surface area (Å²) < 4.78 is 33.0. The average Bonchev–Trinajstić information content (AvgIpc) is 2.41. The lowest BCUT2D eigenvalue weighted by Gasteiger charge is -2.10. The van der Waals surface area contributed by atoms with Gasteiger partial charge in [-0.25, -0.2) is 4.79 Å². The Labute approximate surface area is 130 Å². The highest BCUT2D eigenvalue weighted by atomic mass is 35.5. The zero-order valence-corrected chi connectivity index (χ0v) is 12.5. The molecular formula is C13H15ClF2N2O4. The standard InChI is InChI=1S/C13H15ClF2N2O4/c1-2-21-13(20)17-6-5-11(19)18-8-3-4-10(9(14)7-8)22-12(15)16/h3-4,7,12H,2,5-6H2,1H3,(H,17,20)(H,18,19). The third kappa shape index (κ3) is 6.57. The second kappa shape index (κ2) is 9.04. The number of hydrogen-bond donors (Lipinski definition) is 2. The number of rotatable bonds is 7. The van der Waals surface area contributed by atoms with Gasteiger partial charge in [-0.05, 0) is 25.1 Å². The third-order valence-electron chi connectivity index (χ3n) is 2.33. The largest absolute Gasteiger partial charge is 0.450 e. The van der Waals surface area contributed by atoms with Crippen LogP contribution < -0.4 is 15.4 Å². The molecule has 0 heterocycles. The first-order valence-corrected chi connectivity index (χ1v) is 6.75. The molecule has 122 valence electrons. The average molecular weight is 337 g/mol. The van der Waals surface area contributed by atoms with Gasteiger partial charge in [0.1, 0.15) is 5.75 Å². The van der Waals surface area contributed by atoms with Crippen molar-refractivity contribution in [2.45, 2.75) is 20.0 Å². The first kappa shape index (κ1) is 18.0. The molecule has 0 unspecified atom stereocenters. The Morgan fingerprint density at radius 2 is 2.09 bits per heavy atom. The number of alkyl carbamates (subject to hydrolysis) is 1. The SMILES string of the molecule is CCOC(=O)NCCC(=O)Nc1ccc(OC(F)F)c(Cl)c1. The van der Waals surface area contributed by atoms with Gasteiger partial charge < -0.3 is 20.1 Å². The van der Waals surface area contributed by atoms with Crippen LogP contribution in [0.15, 0.2) is 18.2 Å². The zero-order chi connectivity index (χ0) is 16.5. The van der Waals surface area contributed by atoms with Crippen LogP contribution in [-0.4, -0.2) is 31.8 Å². The predicted octanol–water partition coefficient (Wildman–Crippen LogP) is 3.02. The minimum atomic E-state index is -2.98. The van der Waals surface area contributed by atoms with Gasteiger partial charge in [-0.1, -0.05) is 11.6 Å². The maximum Gasteiger partial charge on any atom is 0.407 e. The number of nitrogens with one attached hydrogen (secondary N) is 2. The van der Waals surface area contributed by atoms with Crippen molar-refractivity contribution in [3.8, 4) is 5.75 Å². The molecule has 1 rings (SSSR count). The lowest BCUT2D eigenvalue weighted by Crippen LogP contribution is -2.28. The topological polar surface area (TPSA) is 76.7 Å². The van der Waals surface area contributed by atoms with Crippen LogP contribution in [0.25, 0.3) is 0 Å². The fraction of sp³-hybridized carbons (Fsp3) is 0.385. The van der Waals surface area contributed by atoms with E-state index in [-0.39, 0.29) is 36.3 Å². The van der Waals surface area contributed by atoms with Crippen molar-refractivity contribution in [1.82, 2.24) is 5.32 Å². The van der Waals surface area contributed by atoms with Crippen LogP contribution in [-0.2, 0) is 9.53 Å². The number of amides is 2. The molecule has 0 aliphatic rings. The molecule has 2 N–H and O–H groups in total. The van der Waals surface area contributed by atoms with E-state index in [1.165, 1.54) is 18.2 Å². The quantitative estimate of drug-likeness (QED) is 0.802. The maximum absolute atomic E-state index is 12.1. The predicted molar refractivity (Wildman–Crippen MR) is 76.4 cm³/mol. The number of anilines is 1. The lowest BCUT2D eigenvalue weighted by molar-refractivity contribution is -0.116. The molecule has 0 saturated carbocycles. The molecule has 0 aromatic heterocycles. The van der Waals surface area contributed by atoms with E-state index in [4.69, 9.17) is 11.6 Å². The van der Waals surface area contributed by atoms with Gasteiger partial charge in [0.05, 0.1) is 11.6 Å². The van der Waals surface area contributed by atoms with E-state index >= 15 is 0 Å². The molecule has 0 spiro atoms. The monoisotopic (exact) mass is 336 g/mol. The van der Waals surface area contributed by atoms with Gasteiger partial charge in [0.2, 0.25) is 5.91 Å². The van der Waals surface area contributed by atoms with E-state index in [1.807, 2.05) is 0 Å². The van der Waals surface area contributed by atoms with E-state index in [0.717, 1.165) is 0 Å². The van der Waals surface area contributed by atoms with Crippen LogP contribution in [0.2, 0.25) is 5.02 Å². The Morgan fingerprint density at radius 3 is 2.68 bits per heavy atom. The van der Waals surface area contributed by atoms with Crippen LogP contribution in [0.5, 0.6) is 5.75 Å². The van der Waals surface area contributed by atoms with Crippen molar-refractivity contribution >= 4 is 29.3 Å². The molecule has 1 aromatic rings. The van der Waals surface area contributed by atoms with E-state index in [9.17, 15) is 18.4 Å². The molecule has 0 aliphatic carbocycles. The van der Waals surface area contributed by atoms with Crippen LogP contribution in [0.3, 0.4) is 0 Å². The van der Waals surface area contributed by atoms with Gasteiger partial charge in [0.25, 0.3) is 0 Å². The van der Waals surface area contributed by atoms with Crippen molar-refractivity contribution in [3.63, 3.8) is 0 Å². The number of hydrogen-bond acceptors (Lipinski definition) is 4. The van der Waals surface area contributed by atoms with Crippen molar-refractivity contribution in [1.29, 1.82) is 0 Å². The smallest absolute Gasteiger partial charge is 0.407 e. The number of carbonyl (C=O) groups excluding carboxylic acids is 2. The molecule has 0 fully saturated rings. The van der Waals surface area contributed by atoms with Crippen molar-refractivity contribution in [2.24, 2.45) is 0 Å². The molecule has 6 nitrogen and oxygen atoms in total. The summed E-state index contributed by atoms with van der Waals surface area (Å²) in [6.45, 7) is -0.974. The lowest BCUT2D eigenvalue weighted by atomic mass is 10.3. The summed E-state index contributed by atoms with van der Waals surface area (Å²) in [6, 6.07) is 3.89. The number of benzene rings is 1. The Morgan fingerprint density at radius 1 is 1.36 bits per heavy atom. The Hall–Kier alpha value is -2.09. The Balaban J connectivity index is 2.44. The molecule has 9 heteroatoms. The summed E-state index contributed by atoms with van der Waals surface area (Å²) in [4.78, 5) is 22.6. The molecular weight excluding hydrogens is 322 g/mol. The summed E-state index contributed by atoms with van der Waals surface area (Å²) in [7, 11) is 0. The molecule has 0 radical (unpaired) electrons. The van der Waals surface area contributed by atoms with Gasteiger partial charge >= 0.3 is 12.7 Å². The second-order valence-corrected chi connectivity index (χ2v) is 4.38. The molecule has 0 aliphatic heterocycles. The maximum atomic E-state index is 12.1. The number of alkyl halides is 2. The third-order valence-corrected chi connectivity index (χ3v) is 2.62.